The van der Waals surface area contributed by atoms with Crippen LogP contribution in [0.4, 0.5) is 13.2 Å². The molecule has 2 rings (SSSR count). The summed E-state index contributed by atoms with van der Waals surface area (Å²) in [6, 6.07) is 8.33. The van der Waals surface area contributed by atoms with E-state index in [4.69, 9.17) is 5.11 Å². The van der Waals surface area contributed by atoms with Gasteiger partial charge < -0.3 is 10.4 Å². The summed E-state index contributed by atoms with van der Waals surface area (Å²) in [5, 5.41) is 11.8. The summed E-state index contributed by atoms with van der Waals surface area (Å²) in [5.41, 5.74) is 0.811. The Hall–Kier alpha value is -2.01. The van der Waals surface area contributed by atoms with E-state index in [9.17, 15) is 13.2 Å². The zero-order valence-corrected chi connectivity index (χ0v) is 9.96. The van der Waals surface area contributed by atoms with Crippen LogP contribution in [0.2, 0.25) is 0 Å². The van der Waals surface area contributed by atoms with Gasteiger partial charge in [0.2, 0.25) is 0 Å². The SMILES string of the molecule is Oc1c(F)cc(CNCc2ccccc2F)cc1F. The summed E-state index contributed by atoms with van der Waals surface area (Å²) < 4.78 is 39.5. The Kier molecular flexibility index (Phi) is 4.06. The minimum absolute atomic E-state index is 0.169. The van der Waals surface area contributed by atoms with E-state index in [0.29, 0.717) is 11.1 Å². The largest absolute Gasteiger partial charge is 0.503 e. The lowest BCUT2D eigenvalue weighted by Gasteiger charge is -2.07. The number of phenolic OH excluding ortho intramolecular Hbond substituents is 1. The van der Waals surface area contributed by atoms with E-state index in [1.54, 1.807) is 18.2 Å². The molecule has 2 nitrogen and oxygen atoms in total. The molecule has 0 saturated heterocycles. The maximum Gasteiger partial charge on any atom is 0.187 e. The number of hydrogen-bond acceptors (Lipinski definition) is 2. The molecular formula is C14H12F3NO. The van der Waals surface area contributed by atoms with Crippen LogP contribution in [0.15, 0.2) is 36.4 Å². The van der Waals surface area contributed by atoms with Crippen molar-refractivity contribution in [2.75, 3.05) is 0 Å². The lowest BCUT2D eigenvalue weighted by atomic mass is 10.1. The van der Waals surface area contributed by atoms with Crippen LogP contribution in [-0.4, -0.2) is 5.11 Å². The standard InChI is InChI=1S/C14H12F3NO/c15-11-4-2-1-3-10(11)8-18-7-9-5-12(16)14(19)13(17)6-9/h1-6,18-19H,7-8H2. The molecule has 2 aromatic rings. The van der Waals surface area contributed by atoms with Crippen molar-refractivity contribution in [2.45, 2.75) is 13.1 Å². The molecule has 19 heavy (non-hydrogen) atoms. The topological polar surface area (TPSA) is 32.3 Å². The maximum atomic E-state index is 13.3. The Balaban J connectivity index is 1.98. The molecule has 2 aromatic carbocycles. The van der Waals surface area contributed by atoms with Crippen molar-refractivity contribution in [1.82, 2.24) is 5.32 Å². The second-order valence-corrected chi connectivity index (χ2v) is 4.10. The Morgan fingerprint density at radius 2 is 1.53 bits per heavy atom. The van der Waals surface area contributed by atoms with Crippen LogP contribution in [-0.2, 0) is 13.1 Å². The van der Waals surface area contributed by atoms with E-state index in [2.05, 4.69) is 5.32 Å². The summed E-state index contributed by atoms with van der Waals surface area (Å²) in [6.07, 6.45) is 0. The van der Waals surface area contributed by atoms with Crippen LogP contribution in [0.25, 0.3) is 0 Å². The monoisotopic (exact) mass is 267 g/mol. The Bertz CT molecular complexity index is 564. The van der Waals surface area contributed by atoms with Crippen LogP contribution in [0.1, 0.15) is 11.1 Å². The molecule has 0 spiro atoms. The van der Waals surface area contributed by atoms with Crippen molar-refractivity contribution in [2.24, 2.45) is 0 Å². The average molecular weight is 267 g/mol. The molecule has 0 unspecified atom stereocenters. The summed E-state index contributed by atoms with van der Waals surface area (Å²) in [5.74, 6) is -3.35. The number of rotatable bonds is 4. The van der Waals surface area contributed by atoms with Crippen molar-refractivity contribution >= 4 is 0 Å². The number of nitrogens with one attached hydrogen (secondary N) is 1. The number of phenols is 1. The van der Waals surface area contributed by atoms with Gasteiger partial charge in [0.1, 0.15) is 5.82 Å². The predicted octanol–water partition coefficient (Wildman–Crippen LogP) is 3.10. The molecule has 0 bridgehead atoms. The fourth-order valence-electron chi connectivity index (χ4n) is 1.70. The maximum absolute atomic E-state index is 13.3. The molecule has 0 amide bonds. The number of halogens is 3. The van der Waals surface area contributed by atoms with Gasteiger partial charge in [-0.05, 0) is 23.8 Å². The van der Waals surface area contributed by atoms with E-state index in [-0.39, 0.29) is 18.9 Å². The van der Waals surface area contributed by atoms with E-state index >= 15 is 0 Å². The summed E-state index contributed by atoms with van der Waals surface area (Å²) in [4.78, 5) is 0. The van der Waals surface area contributed by atoms with Crippen LogP contribution < -0.4 is 5.32 Å². The molecule has 5 heteroatoms. The second kappa shape index (κ2) is 5.75. The van der Waals surface area contributed by atoms with Gasteiger partial charge >= 0.3 is 0 Å². The third-order valence-corrected chi connectivity index (χ3v) is 2.68. The summed E-state index contributed by atoms with van der Waals surface area (Å²) in [7, 11) is 0. The minimum Gasteiger partial charge on any atom is -0.503 e. The highest BCUT2D eigenvalue weighted by Crippen LogP contribution is 2.21. The fourth-order valence-corrected chi connectivity index (χ4v) is 1.70. The second-order valence-electron chi connectivity index (χ2n) is 4.10. The number of aromatic hydroxyl groups is 1. The van der Waals surface area contributed by atoms with Gasteiger partial charge in [-0.2, -0.15) is 0 Å². The average Bonchev–Trinajstić information content (AvgIpc) is 2.38. The fraction of sp³-hybridized carbons (Fsp3) is 0.143. The third kappa shape index (κ3) is 3.26. The Morgan fingerprint density at radius 3 is 2.16 bits per heavy atom. The quantitative estimate of drug-likeness (QED) is 0.892. The number of benzene rings is 2. The minimum atomic E-state index is -1.01. The normalized spacial score (nSPS) is 10.7. The van der Waals surface area contributed by atoms with Crippen LogP contribution in [0, 0.1) is 17.5 Å². The highest BCUT2D eigenvalue weighted by atomic mass is 19.1. The molecule has 0 aliphatic rings. The van der Waals surface area contributed by atoms with E-state index < -0.39 is 17.4 Å². The highest BCUT2D eigenvalue weighted by molar-refractivity contribution is 5.30. The first-order valence-corrected chi connectivity index (χ1v) is 5.69. The highest BCUT2D eigenvalue weighted by Gasteiger charge is 2.09. The molecular weight excluding hydrogens is 255 g/mol. The van der Waals surface area contributed by atoms with Gasteiger partial charge in [-0.25, -0.2) is 13.2 Å². The van der Waals surface area contributed by atoms with Gasteiger partial charge in [0.15, 0.2) is 17.4 Å². The molecule has 0 atom stereocenters. The summed E-state index contributed by atoms with van der Waals surface area (Å²) >= 11 is 0. The van der Waals surface area contributed by atoms with Gasteiger partial charge in [0.25, 0.3) is 0 Å². The van der Waals surface area contributed by atoms with E-state index in [1.165, 1.54) is 6.07 Å². The van der Waals surface area contributed by atoms with Gasteiger partial charge in [0.05, 0.1) is 0 Å². The van der Waals surface area contributed by atoms with Gasteiger partial charge in [-0.15, -0.1) is 0 Å². The van der Waals surface area contributed by atoms with Crippen LogP contribution in [0.3, 0.4) is 0 Å². The Labute approximate surface area is 108 Å². The molecule has 0 aliphatic heterocycles. The smallest absolute Gasteiger partial charge is 0.187 e. The van der Waals surface area contributed by atoms with Crippen molar-refractivity contribution < 1.29 is 18.3 Å². The molecule has 0 aliphatic carbocycles. The molecule has 2 N–H and O–H groups in total. The molecule has 0 heterocycles. The first-order chi connectivity index (χ1) is 9.08. The predicted molar refractivity (Wildman–Crippen MR) is 65.0 cm³/mol. The van der Waals surface area contributed by atoms with Gasteiger partial charge in [-0.3, -0.25) is 0 Å². The van der Waals surface area contributed by atoms with Crippen LogP contribution >= 0.6 is 0 Å². The molecule has 0 saturated carbocycles. The molecule has 0 radical (unpaired) electrons. The molecule has 0 aromatic heterocycles. The van der Waals surface area contributed by atoms with Crippen molar-refractivity contribution in [3.8, 4) is 5.75 Å². The zero-order valence-electron chi connectivity index (χ0n) is 9.96. The van der Waals surface area contributed by atoms with Gasteiger partial charge in [0, 0.05) is 18.7 Å². The molecule has 0 fully saturated rings. The van der Waals surface area contributed by atoms with Crippen LogP contribution in [0.5, 0.6) is 5.75 Å². The van der Waals surface area contributed by atoms with Crippen molar-refractivity contribution in [3.05, 3.63) is 65.0 Å². The first-order valence-electron chi connectivity index (χ1n) is 5.69. The first kappa shape index (κ1) is 13.4. The van der Waals surface area contributed by atoms with Crippen molar-refractivity contribution in [1.29, 1.82) is 0 Å². The summed E-state index contributed by atoms with van der Waals surface area (Å²) in [6.45, 7) is 0.416. The van der Waals surface area contributed by atoms with E-state index in [1.807, 2.05) is 0 Å². The third-order valence-electron chi connectivity index (χ3n) is 2.68. The lowest BCUT2D eigenvalue weighted by Crippen LogP contribution is -2.14. The molecule has 100 valence electrons. The van der Waals surface area contributed by atoms with Gasteiger partial charge in [-0.1, -0.05) is 18.2 Å². The number of hydrogen-bond donors (Lipinski definition) is 2. The zero-order chi connectivity index (χ0) is 13.8. The Morgan fingerprint density at radius 1 is 0.895 bits per heavy atom. The lowest BCUT2D eigenvalue weighted by molar-refractivity contribution is 0.395. The van der Waals surface area contributed by atoms with E-state index in [0.717, 1.165) is 12.1 Å². The van der Waals surface area contributed by atoms with Crippen molar-refractivity contribution in [3.63, 3.8) is 0 Å².